The maximum atomic E-state index is 12.8. The first kappa shape index (κ1) is 21.9. The Balaban J connectivity index is 1.69. The fraction of sp³-hybridized carbons (Fsp3) is 0.261. The number of nitrogens with zero attached hydrogens (tertiary/aromatic N) is 1. The standard InChI is InChI=1S/C23H26N4O4/c1-27(2)21(28)14-25-22(29)20(12-17-13-24-19-11-7-6-10-18(17)19)26-23(30)31-15-16-8-4-3-5-9-16/h3-11,13,20,24H,12,14-15H2,1-2H3,(H,25,29)(H,26,30)/t20-/m0/s1. The average molecular weight is 422 g/mol. The number of H-pyrrole nitrogens is 1. The van der Waals surface area contributed by atoms with Crippen molar-refractivity contribution in [3.8, 4) is 0 Å². The van der Waals surface area contributed by atoms with Gasteiger partial charge < -0.3 is 25.3 Å². The second-order valence-electron chi connectivity index (χ2n) is 7.33. The number of ether oxygens (including phenoxy) is 1. The number of carbonyl (C=O) groups is 3. The topological polar surface area (TPSA) is 104 Å². The molecule has 2 aromatic carbocycles. The van der Waals surface area contributed by atoms with Crippen molar-refractivity contribution in [2.24, 2.45) is 0 Å². The van der Waals surface area contributed by atoms with Crippen LogP contribution in [0, 0.1) is 0 Å². The third kappa shape index (κ3) is 6.08. The molecule has 8 heteroatoms. The zero-order valence-corrected chi connectivity index (χ0v) is 17.6. The molecule has 0 radical (unpaired) electrons. The van der Waals surface area contributed by atoms with E-state index in [1.807, 2.05) is 60.8 Å². The van der Waals surface area contributed by atoms with Gasteiger partial charge in [-0.3, -0.25) is 9.59 Å². The van der Waals surface area contributed by atoms with Crippen LogP contribution in [0.1, 0.15) is 11.1 Å². The molecule has 1 heterocycles. The zero-order valence-electron chi connectivity index (χ0n) is 17.6. The number of amides is 3. The van der Waals surface area contributed by atoms with E-state index in [2.05, 4.69) is 15.6 Å². The number of benzene rings is 2. The van der Waals surface area contributed by atoms with E-state index in [4.69, 9.17) is 4.74 Å². The molecule has 0 unspecified atom stereocenters. The second-order valence-corrected chi connectivity index (χ2v) is 7.33. The van der Waals surface area contributed by atoms with E-state index in [1.165, 1.54) is 4.90 Å². The van der Waals surface area contributed by atoms with E-state index in [0.717, 1.165) is 22.0 Å². The van der Waals surface area contributed by atoms with Crippen LogP contribution in [0.25, 0.3) is 10.9 Å². The van der Waals surface area contributed by atoms with Crippen LogP contribution in [0.5, 0.6) is 0 Å². The minimum absolute atomic E-state index is 0.0905. The van der Waals surface area contributed by atoms with Crippen LogP contribution in [0.3, 0.4) is 0 Å². The zero-order chi connectivity index (χ0) is 22.2. The van der Waals surface area contributed by atoms with Crippen LogP contribution in [-0.2, 0) is 27.4 Å². The van der Waals surface area contributed by atoms with Crippen LogP contribution in [0.4, 0.5) is 4.79 Å². The van der Waals surface area contributed by atoms with Crippen LogP contribution >= 0.6 is 0 Å². The molecule has 0 saturated carbocycles. The molecule has 162 valence electrons. The number of alkyl carbamates (subject to hydrolysis) is 1. The van der Waals surface area contributed by atoms with Crippen LogP contribution in [-0.4, -0.2) is 54.5 Å². The van der Waals surface area contributed by atoms with Gasteiger partial charge in [-0.2, -0.15) is 0 Å². The van der Waals surface area contributed by atoms with Gasteiger partial charge in [-0.25, -0.2) is 4.79 Å². The molecule has 0 aliphatic carbocycles. The Kier molecular flexibility index (Phi) is 7.26. The van der Waals surface area contributed by atoms with Crippen molar-refractivity contribution in [2.75, 3.05) is 20.6 Å². The Hall–Kier alpha value is -3.81. The molecule has 3 amide bonds. The summed E-state index contributed by atoms with van der Waals surface area (Å²) in [6.45, 7) is -0.0653. The van der Waals surface area contributed by atoms with E-state index in [-0.39, 0.29) is 25.5 Å². The molecule has 8 nitrogen and oxygen atoms in total. The summed E-state index contributed by atoms with van der Waals surface area (Å²) in [4.78, 5) is 41.5. The molecule has 0 aliphatic rings. The molecule has 3 N–H and O–H groups in total. The summed E-state index contributed by atoms with van der Waals surface area (Å²) >= 11 is 0. The number of likely N-dealkylation sites (N-methyl/N-ethyl adjacent to an activating group) is 1. The lowest BCUT2D eigenvalue weighted by Crippen LogP contribution is -2.50. The number of carbonyl (C=O) groups excluding carboxylic acids is 3. The fourth-order valence-corrected chi connectivity index (χ4v) is 3.08. The smallest absolute Gasteiger partial charge is 0.408 e. The molecule has 0 fully saturated rings. The van der Waals surface area contributed by atoms with Gasteiger partial charge in [0.2, 0.25) is 11.8 Å². The Morgan fingerprint density at radius 2 is 1.74 bits per heavy atom. The van der Waals surface area contributed by atoms with Crippen molar-refractivity contribution < 1.29 is 19.1 Å². The summed E-state index contributed by atoms with van der Waals surface area (Å²) in [7, 11) is 3.22. The number of fused-ring (bicyclic) bond motifs is 1. The molecular weight excluding hydrogens is 396 g/mol. The summed E-state index contributed by atoms with van der Waals surface area (Å²) in [5.74, 6) is -0.706. The molecule has 0 spiro atoms. The Labute approximate surface area is 180 Å². The van der Waals surface area contributed by atoms with Gasteiger partial charge in [0.15, 0.2) is 0 Å². The first-order valence-electron chi connectivity index (χ1n) is 9.94. The van der Waals surface area contributed by atoms with E-state index in [1.54, 1.807) is 14.1 Å². The lowest BCUT2D eigenvalue weighted by Gasteiger charge is -2.19. The van der Waals surface area contributed by atoms with E-state index < -0.39 is 18.0 Å². The van der Waals surface area contributed by atoms with Crippen LogP contribution < -0.4 is 10.6 Å². The maximum absolute atomic E-state index is 12.8. The number of aromatic amines is 1. The third-order valence-corrected chi connectivity index (χ3v) is 4.83. The van der Waals surface area contributed by atoms with Gasteiger partial charge in [-0.15, -0.1) is 0 Å². The largest absolute Gasteiger partial charge is 0.445 e. The molecule has 0 aliphatic heterocycles. The quantitative estimate of drug-likeness (QED) is 0.518. The predicted octanol–water partition coefficient (Wildman–Crippen LogP) is 2.21. The van der Waals surface area contributed by atoms with Crippen LogP contribution in [0.2, 0.25) is 0 Å². The lowest BCUT2D eigenvalue weighted by atomic mass is 10.0. The van der Waals surface area contributed by atoms with Gasteiger partial charge in [0, 0.05) is 37.6 Å². The number of hydrogen-bond donors (Lipinski definition) is 3. The van der Waals surface area contributed by atoms with E-state index in [9.17, 15) is 14.4 Å². The van der Waals surface area contributed by atoms with Gasteiger partial charge in [0.1, 0.15) is 12.6 Å². The molecule has 1 aromatic heterocycles. The highest BCUT2D eigenvalue weighted by Gasteiger charge is 2.24. The number of para-hydroxylation sites is 1. The number of rotatable bonds is 8. The lowest BCUT2D eigenvalue weighted by molar-refractivity contribution is -0.131. The highest BCUT2D eigenvalue weighted by Crippen LogP contribution is 2.19. The minimum atomic E-state index is -0.905. The first-order chi connectivity index (χ1) is 14.9. The van der Waals surface area contributed by atoms with Crippen molar-refractivity contribution in [2.45, 2.75) is 19.1 Å². The monoisotopic (exact) mass is 422 g/mol. The molecule has 31 heavy (non-hydrogen) atoms. The van der Waals surface area contributed by atoms with Crippen molar-refractivity contribution >= 4 is 28.8 Å². The summed E-state index contributed by atoms with van der Waals surface area (Å²) in [5.41, 5.74) is 2.65. The van der Waals surface area contributed by atoms with Crippen molar-refractivity contribution in [3.05, 3.63) is 71.9 Å². The minimum Gasteiger partial charge on any atom is -0.445 e. The summed E-state index contributed by atoms with van der Waals surface area (Å²) in [6, 6.07) is 16.1. The van der Waals surface area contributed by atoms with Gasteiger partial charge >= 0.3 is 6.09 Å². The number of aromatic nitrogens is 1. The Bertz CT molecular complexity index is 1050. The van der Waals surface area contributed by atoms with Gasteiger partial charge in [-0.05, 0) is 17.2 Å². The predicted molar refractivity (Wildman–Crippen MR) is 117 cm³/mol. The summed E-state index contributed by atoms with van der Waals surface area (Å²) in [5, 5.41) is 6.19. The molecular formula is C23H26N4O4. The highest BCUT2D eigenvalue weighted by molar-refractivity contribution is 5.90. The Morgan fingerprint density at radius 1 is 1.03 bits per heavy atom. The highest BCUT2D eigenvalue weighted by atomic mass is 16.5. The summed E-state index contributed by atoms with van der Waals surface area (Å²) < 4.78 is 5.27. The van der Waals surface area contributed by atoms with Crippen molar-refractivity contribution in [3.63, 3.8) is 0 Å². The van der Waals surface area contributed by atoms with Crippen molar-refractivity contribution in [1.29, 1.82) is 0 Å². The van der Waals surface area contributed by atoms with Gasteiger partial charge in [0.05, 0.1) is 6.54 Å². The Morgan fingerprint density at radius 3 is 2.48 bits per heavy atom. The van der Waals surface area contributed by atoms with Gasteiger partial charge in [0.25, 0.3) is 0 Å². The van der Waals surface area contributed by atoms with Crippen LogP contribution in [0.15, 0.2) is 60.8 Å². The molecule has 0 saturated heterocycles. The molecule has 1 atom stereocenters. The van der Waals surface area contributed by atoms with Gasteiger partial charge in [-0.1, -0.05) is 48.5 Å². The fourth-order valence-electron chi connectivity index (χ4n) is 3.08. The van der Waals surface area contributed by atoms with E-state index >= 15 is 0 Å². The SMILES string of the molecule is CN(C)C(=O)CNC(=O)[C@H](Cc1c[nH]c2ccccc12)NC(=O)OCc1ccccc1. The van der Waals surface area contributed by atoms with E-state index in [0.29, 0.717) is 0 Å². The molecule has 0 bridgehead atoms. The molecule has 3 aromatic rings. The second kappa shape index (κ2) is 10.3. The number of nitrogens with one attached hydrogen (secondary N) is 3. The first-order valence-corrected chi connectivity index (χ1v) is 9.94. The summed E-state index contributed by atoms with van der Waals surface area (Å²) in [6.07, 6.45) is 1.35. The maximum Gasteiger partial charge on any atom is 0.408 e. The third-order valence-electron chi connectivity index (χ3n) is 4.83. The normalized spacial score (nSPS) is 11.5. The molecule has 3 rings (SSSR count). The average Bonchev–Trinajstić information content (AvgIpc) is 3.19. The number of hydrogen-bond acceptors (Lipinski definition) is 4. The van der Waals surface area contributed by atoms with Crippen molar-refractivity contribution in [1.82, 2.24) is 20.5 Å².